The first-order valence-electron chi connectivity index (χ1n) is 9.15. The van der Waals surface area contributed by atoms with Gasteiger partial charge in [0.2, 0.25) is 5.76 Å². The third-order valence-electron chi connectivity index (χ3n) is 5.11. The van der Waals surface area contributed by atoms with Gasteiger partial charge in [-0.2, -0.15) is 0 Å². The highest BCUT2D eigenvalue weighted by Crippen LogP contribution is 2.38. The van der Waals surface area contributed by atoms with Gasteiger partial charge in [-0.3, -0.25) is 9.59 Å². The molecule has 1 aliphatic rings. The van der Waals surface area contributed by atoms with Gasteiger partial charge >= 0.3 is 0 Å². The maximum atomic E-state index is 13.3. The van der Waals surface area contributed by atoms with E-state index in [9.17, 15) is 9.59 Å². The van der Waals surface area contributed by atoms with E-state index in [1.54, 1.807) is 23.1 Å². The minimum atomic E-state index is -0.470. The molecule has 4 rings (SSSR count). The summed E-state index contributed by atoms with van der Waals surface area (Å²) < 4.78 is 5.90. The summed E-state index contributed by atoms with van der Waals surface area (Å²) in [6, 6.07) is 12.3. The molecule has 0 aliphatic carbocycles. The second-order valence-corrected chi connectivity index (χ2v) is 7.87. The maximum Gasteiger partial charge on any atom is 0.290 e. The Hall–Kier alpha value is -2.63. The first kappa shape index (κ1) is 18.7. The van der Waals surface area contributed by atoms with Crippen molar-refractivity contribution in [3.63, 3.8) is 0 Å². The lowest BCUT2D eigenvalue weighted by Gasteiger charge is -2.26. The van der Waals surface area contributed by atoms with E-state index in [4.69, 9.17) is 16.0 Å². The van der Waals surface area contributed by atoms with Crippen LogP contribution in [0.25, 0.3) is 11.0 Å². The molecule has 0 radical (unpaired) electrons. The molecule has 2 heterocycles. The third-order valence-corrected chi connectivity index (χ3v) is 5.34. The van der Waals surface area contributed by atoms with Gasteiger partial charge in [0, 0.05) is 18.1 Å². The monoisotopic (exact) mass is 396 g/mol. The van der Waals surface area contributed by atoms with Crippen molar-refractivity contribution in [2.75, 3.05) is 27.2 Å². The molecule has 0 saturated carbocycles. The highest BCUT2D eigenvalue weighted by molar-refractivity contribution is 6.31. The Morgan fingerprint density at radius 1 is 1.11 bits per heavy atom. The Labute approximate surface area is 168 Å². The highest BCUT2D eigenvalue weighted by Gasteiger charge is 2.42. The molecule has 3 aromatic rings. The molecule has 0 bridgehead atoms. The molecule has 0 unspecified atom stereocenters. The smallest absolute Gasteiger partial charge is 0.290 e. The lowest BCUT2D eigenvalue weighted by atomic mass is 9.98. The van der Waals surface area contributed by atoms with Gasteiger partial charge in [0.25, 0.3) is 5.91 Å². The number of hydrogen-bond donors (Lipinski definition) is 0. The molecule has 144 valence electrons. The van der Waals surface area contributed by atoms with Gasteiger partial charge in [0.1, 0.15) is 5.58 Å². The highest BCUT2D eigenvalue weighted by atomic mass is 35.5. The molecule has 6 heteroatoms. The second-order valence-electron chi connectivity index (χ2n) is 7.43. The predicted molar refractivity (Wildman–Crippen MR) is 110 cm³/mol. The summed E-state index contributed by atoms with van der Waals surface area (Å²) in [6.45, 7) is 3.18. The molecule has 0 fully saturated rings. The minimum absolute atomic E-state index is 0.129. The number of rotatable bonds is 4. The summed E-state index contributed by atoms with van der Waals surface area (Å²) in [5, 5.41) is 0.853. The molecule has 1 amide bonds. The van der Waals surface area contributed by atoms with Crippen molar-refractivity contribution in [1.82, 2.24) is 9.80 Å². The van der Waals surface area contributed by atoms with Crippen molar-refractivity contribution in [2.45, 2.75) is 13.0 Å². The molecule has 1 aliphatic heterocycles. The molecule has 1 aromatic heterocycles. The summed E-state index contributed by atoms with van der Waals surface area (Å²) in [5.41, 5.74) is 2.57. The van der Waals surface area contributed by atoms with Crippen molar-refractivity contribution in [3.8, 4) is 0 Å². The van der Waals surface area contributed by atoms with Crippen molar-refractivity contribution in [1.29, 1.82) is 0 Å². The van der Waals surface area contributed by atoms with E-state index in [-0.39, 0.29) is 17.1 Å². The van der Waals surface area contributed by atoms with E-state index >= 15 is 0 Å². The first-order valence-corrected chi connectivity index (χ1v) is 9.53. The summed E-state index contributed by atoms with van der Waals surface area (Å²) in [4.78, 5) is 30.2. The third kappa shape index (κ3) is 3.11. The molecule has 0 spiro atoms. The van der Waals surface area contributed by atoms with Crippen LogP contribution in [0.4, 0.5) is 0 Å². The quantitative estimate of drug-likeness (QED) is 0.672. The van der Waals surface area contributed by atoms with Crippen molar-refractivity contribution < 1.29 is 9.21 Å². The van der Waals surface area contributed by atoms with Gasteiger partial charge in [0.15, 0.2) is 5.43 Å². The van der Waals surface area contributed by atoms with Gasteiger partial charge in [-0.15, -0.1) is 0 Å². The van der Waals surface area contributed by atoms with Crippen LogP contribution in [0.3, 0.4) is 0 Å². The molecule has 0 N–H and O–H groups in total. The summed E-state index contributed by atoms with van der Waals surface area (Å²) >= 11 is 6.09. The number of hydrogen-bond acceptors (Lipinski definition) is 4. The van der Waals surface area contributed by atoms with Crippen LogP contribution in [-0.4, -0.2) is 42.9 Å². The van der Waals surface area contributed by atoms with Crippen molar-refractivity contribution in [3.05, 3.63) is 80.2 Å². The number of amides is 1. The number of aryl methyl sites for hydroxylation is 1. The number of carbonyl (C=O) groups is 1. The van der Waals surface area contributed by atoms with Crippen LogP contribution < -0.4 is 5.43 Å². The zero-order valence-corrected chi connectivity index (χ0v) is 16.8. The predicted octanol–water partition coefficient (Wildman–Crippen LogP) is 3.86. The van der Waals surface area contributed by atoms with Crippen LogP contribution in [0.2, 0.25) is 5.02 Å². The number of halogens is 1. The lowest BCUT2D eigenvalue weighted by molar-refractivity contribution is 0.0716. The van der Waals surface area contributed by atoms with E-state index in [1.807, 2.05) is 50.2 Å². The van der Waals surface area contributed by atoms with Crippen LogP contribution >= 0.6 is 11.6 Å². The second kappa shape index (κ2) is 7.08. The SMILES string of the molecule is Cc1ccc([C@H]2c3c(oc4ccc(Cl)cc4c3=O)C(=O)N2CCN(C)C)cc1. The van der Waals surface area contributed by atoms with E-state index in [0.29, 0.717) is 34.6 Å². The largest absolute Gasteiger partial charge is 0.450 e. The van der Waals surface area contributed by atoms with Crippen LogP contribution in [0, 0.1) is 6.92 Å². The Balaban J connectivity index is 1.94. The Kier molecular flexibility index (Phi) is 4.73. The lowest BCUT2D eigenvalue weighted by Crippen LogP contribution is -2.35. The van der Waals surface area contributed by atoms with E-state index in [0.717, 1.165) is 11.1 Å². The zero-order chi connectivity index (χ0) is 20.0. The first-order chi connectivity index (χ1) is 13.4. The van der Waals surface area contributed by atoms with Crippen molar-refractivity contribution >= 4 is 28.5 Å². The molecule has 5 nitrogen and oxygen atoms in total. The van der Waals surface area contributed by atoms with Gasteiger partial charge in [-0.05, 0) is 44.8 Å². The molecule has 2 aromatic carbocycles. The fourth-order valence-corrected chi connectivity index (χ4v) is 3.80. The Morgan fingerprint density at radius 2 is 1.82 bits per heavy atom. The van der Waals surface area contributed by atoms with Crippen LogP contribution in [0.5, 0.6) is 0 Å². The maximum absolute atomic E-state index is 13.3. The van der Waals surface area contributed by atoms with Gasteiger partial charge < -0.3 is 14.2 Å². The summed E-state index contributed by atoms with van der Waals surface area (Å²) in [5.74, 6) is -0.125. The van der Waals surface area contributed by atoms with Crippen LogP contribution in [0.15, 0.2) is 51.7 Å². The average Bonchev–Trinajstić information content (AvgIpc) is 2.94. The number of benzene rings is 2. The normalized spacial score (nSPS) is 16.2. The molecule has 0 saturated heterocycles. The number of likely N-dealkylation sites (N-methyl/N-ethyl adjacent to an activating group) is 1. The van der Waals surface area contributed by atoms with E-state index in [2.05, 4.69) is 0 Å². The Morgan fingerprint density at radius 3 is 2.50 bits per heavy atom. The molecule has 28 heavy (non-hydrogen) atoms. The fourth-order valence-electron chi connectivity index (χ4n) is 3.63. The molecular formula is C22H21ClN2O3. The fraction of sp³-hybridized carbons (Fsp3) is 0.273. The number of nitrogens with zero attached hydrogens (tertiary/aromatic N) is 2. The van der Waals surface area contributed by atoms with Crippen LogP contribution in [-0.2, 0) is 0 Å². The number of fused-ring (bicyclic) bond motifs is 2. The molecular weight excluding hydrogens is 376 g/mol. The summed E-state index contributed by atoms with van der Waals surface area (Å²) in [6.07, 6.45) is 0. The minimum Gasteiger partial charge on any atom is -0.450 e. The van der Waals surface area contributed by atoms with Crippen molar-refractivity contribution in [2.24, 2.45) is 0 Å². The van der Waals surface area contributed by atoms with Gasteiger partial charge in [0.05, 0.1) is 17.0 Å². The van der Waals surface area contributed by atoms with E-state index in [1.165, 1.54) is 0 Å². The van der Waals surface area contributed by atoms with E-state index < -0.39 is 6.04 Å². The number of carbonyl (C=O) groups excluding carboxylic acids is 1. The van der Waals surface area contributed by atoms with Crippen LogP contribution in [0.1, 0.15) is 33.3 Å². The Bertz CT molecular complexity index is 1120. The standard InChI is InChI=1S/C22H21ClN2O3/c1-13-4-6-14(7-5-13)19-18-20(26)16-12-15(23)8-9-17(16)28-21(18)22(27)25(19)11-10-24(2)3/h4-9,12,19H,10-11H2,1-3H3/t19-/m0/s1. The van der Waals surface area contributed by atoms with Gasteiger partial charge in [-0.25, -0.2) is 0 Å². The topological polar surface area (TPSA) is 53.8 Å². The molecule has 1 atom stereocenters. The summed E-state index contributed by atoms with van der Waals surface area (Å²) in [7, 11) is 3.91. The zero-order valence-electron chi connectivity index (χ0n) is 16.0. The average molecular weight is 397 g/mol. The van der Waals surface area contributed by atoms with Gasteiger partial charge in [-0.1, -0.05) is 41.4 Å².